The molecule has 1 aromatic rings. The van der Waals surface area contributed by atoms with Crippen LogP contribution in [-0.4, -0.2) is 23.0 Å². The Labute approximate surface area is 127 Å². The number of halogens is 1. The molecule has 0 unspecified atom stereocenters. The Morgan fingerprint density at radius 3 is 1.95 bits per heavy atom. The largest absolute Gasteiger partial charge is 0.359 e. The maximum absolute atomic E-state index is 12.8. The summed E-state index contributed by atoms with van der Waals surface area (Å²) in [6.45, 7) is 3.74. The van der Waals surface area contributed by atoms with E-state index in [2.05, 4.69) is 0 Å². The van der Waals surface area contributed by atoms with Crippen molar-refractivity contribution >= 4 is 29.1 Å². The fourth-order valence-electron chi connectivity index (χ4n) is 3.88. The van der Waals surface area contributed by atoms with E-state index in [0.29, 0.717) is 10.7 Å². The van der Waals surface area contributed by atoms with Gasteiger partial charge in [-0.2, -0.15) is 0 Å². The van der Waals surface area contributed by atoms with Crippen molar-refractivity contribution in [2.24, 2.45) is 11.8 Å². The normalized spacial score (nSPS) is 40.2. The van der Waals surface area contributed by atoms with Gasteiger partial charge in [0.2, 0.25) is 11.8 Å². The van der Waals surface area contributed by atoms with Gasteiger partial charge in [-0.05, 0) is 38.1 Å². The van der Waals surface area contributed by atoms with Gasteiger partial charge in [-0.3, -0.25) is 9.59 Å². The SMILES string of the molecule is C[C@@]12C=C[C@](C)(O1)[C@H]1C(=O)N(c3ccc(Cl)cc3)C(=O)[C@H]12. The molecule has 1 aromatic carbocycles. The fourth-order valence-corrected chi connectivity index (χ4v) is 4.00. The van der Waals surface area contributed by atoms with Crippen molar-refractivity contribution in [2.45, 2.75) is 25.0 Å². The maximum atomic E-state index is 12.8. The number of benzene rings is 1. The van der Waals surface area contributed by atoms with Crippen LogP contribution >= 0.6 is 11.6 Å². The highest BCUT2D eigenvalue weighted by Gasteiger charge is 2.70. The lowest BCUT2D eigenvalue weighted by Crippen LogP contribution is -2.39. The van der Waals surface area contributed by atoms with Crippen molar-refractivity contribution in [3.63, 3.8) is 0 Å². The molecular weight excluding hydrogens is 290 g/mol. The zero-order chi connectivity index (χ0) is 15.0. The molecule has 21 heavy (non-hydrogen) atoms. The quantitative estimate of drug-likeness (QED) is 0.592. The zero-order valence-electron chi connectivity index (χ0n) is 11.7. The van der Waals surface area contributed by atoms with Crippen LogP contribution < -0.4 is 4.90 Å². The molecule has 2 fully saturated rings. The second kappa shape index (κ2) is 3.76. The van der Waals surface area contributed by atoms with Crippen LogP contribution in [0.15, 0.2) is 36.4 Å². The standard InChI is InChI=1S/C16H14ClNO3/c1-15-7-8-16(2,21-15)12-11(15)13(19)18(14(12)20)10-5-3-9(17)4-6-10/h3-8,11-12H,1-2H3/t11-,12+,15-,16-/m0/s1. The number of hydrogen-bond donors (Lipinski definition) is 0. The molecule has 0 N–H and O–H groups in total. The number of fused-ring (bicyclic) bond motifs is 5. The number of ether oxygens (including phenoxy) is 1. The molecule has 5 heteroatoms. The van der Waals surface area contributed by atoms with E-state index in [1.54, 1.807) is 24.3 Å². The smallest absolute Gasteiger partial charge is 0.241 e. The summed E-state index contributed by atoms with van der Waals surface area (Å²) in [4.78, 5) is 26.8. The summed E-state index contributed by atoms with van der Waals surface area (Å²) in [5.74, 6) is -1.28. The minimum Gasteiger partial charge on any atom is -0.359 e. The topological polar surface area (TPSA) is 46.6 Å². The van der Waals surface area contributed by atoms with Gasteiger partial charge in [0, 0.05) is 5.02 Å². The first kappa shape index (κ1) is 13.0. The summed E-state index contributed by atoms with van der Waals surface area (Å²) in [5, 5.41) is 0.571. The van der Waals surface area contributed by atoms with Gasteiger partial charge in [0.25, 0.3) is 0 Å². The molecule has 3 aliphatic rings. The molecule has 4 nitrogen and oxygen atoms in total. The monoisotopic (exact) mass is 303 g/mol. The Morgan fingerprint density at radius 1 is 1.00 bits per heavy atom. The summed E-state index contributed by atoms with van der Waals surface area (Å²) in [5.41, 5.74) is -0.809. The van der Waals surface area contributed by atoms with E-state index in [1.165, 1.54) is 4.90 Å². The number of nitrogens with zero attached hydrogens (tertiary/aromatic N) is 1. The Hall–Kier alpha value is -1.65. The first-order chi connectivity index (χ1) is 9.86. The van der Waals surface area contributed by atoms with Gasteiger partial charge in [0.15, 0.2) is 0 Å². The van der Waals surface area contributed by atoms with Gasteiger partial charge in [0.1, 0.15) is 0 Å². The zero-order valence-corrected chi connectivity index (χ0v) is 12.4. The minimum atomic E-state index is -0.687. The van der Waals surface area contributed by atoms with Gasteiger partial charge in [-0.1, -0.05) is 23.8 Å². The average Bonchev–Trinajstić information content (AvgIpc) is 2.97. The Kier molecular flexibility index (Phi) is 2.33. The highest BCUT2D eigenvalue weighted by Crippen LogP contribution is 2.57. The van der Waals surface area contributed by atoms with E-state index in [-0.39, 0.29) is 11.8 Å². The average molecular weight is 304 g/mol. The molecule has 0 radical (unpaired) electrons. The Balaban J connectivity index is 1.80. The molecule has 4 atom stereocenters. The predicted molar refractivity (Wildman–Crippen MR) is 78.0 cm³/mol. The van der Waals surface area contributed by atoms with Crippen LogP contribution in [0.3, 0.4) is 0 Å². The number of carbonyl (C=O) groups excluding carboxylic acids is 2. The van der Waals surface area contributed by atoms with Crippen molar-refractivity contribution in [1.82, 2.24) is 0 Å². The lowest BCUT2D eigenvalue weighted by molar-refractivity contribution is -0.128. The number of hydrogen-bond acceptors (Lipinski definition) is 3. The maximum Gasteiger partial charge on any atom is 0.241 e. The van der Waals surface area contributed by atoms with Crippen LogP contribution in [0.25, 0.3) is 0 Å². The molecule has 2 saturated heterocycles. The fraction of sp³-hybridized carbons (Fsp3) is 0.375. The molecule has 4 rings (SSSR count). The molecule has 0 aliphatic carbocycles. The minimum absolute atomic E-state index is 0.192. The number of rotatable bonds is 1. The lowest BCUT2D eigenvalue weighted by Gasteiger charge is -2.25. The van der Waals surface area contributed by atoms with E-state index in [0.717, 1.165) is 0 Å². The Morgan fingerprint density at radius 2 is 1.48 bits per heavy atom. The second-order valence-electron chi connectivity index (χ2n) is 6.25. The molecule has 0 saturated carbocycles. The first-order valence-corrected chi connectivity index (χ1v) is 7.27. The first-order valence-electron chi connectivity index (χ1n) is 6.90. The van der Waals surface area contributed by atoms with Crippen LogP contribution in [0.5, 0.6) is 0 Å². The Bertz CT molecular complexity index is 662. The molecule has 2 amide bonds. The van der Waals surface area contributed by atoms with E-state index < -0.39 is 23.0 Å². The number of anilines is 1. The van der Waals surface area contributed by atoms with Crippen LogP contribution in [0.1, 0.15) is 13.8 Å². The van der Waals surface area contributed by atoms with Crippen LogP contribution in [0.2, 0.25) is 5.02 Å². The van der Waals surface area contributed by atoms with E-state index in [1.807, 2.05) is 26.0 Å². The summed E-state index contributed by atoms with van der Waals surface area (Å²) >= 11 is 5.87. The van der Waals surface area contributed by atoms with Crippen molar-refractivity contribution in [3.8, 4) is 0 Å². The van der Waals surface area contributed by atoms with Crippen molar-refractivity contribution in [3.05, 3.63) is 41.4 Å². The van der Waals surface area contributed by atoms with E-state index in [9.17, 15) is 9.59 Å². The number of carbonyl (C=O) groups is 2. The van der Waals surface area contributed by atoms with E-state index >= 15 is 0 Å². The van der Waals surface area contributed by atoms with Crippen LogP contribution in [0, 0.1) is 11.8 Å². The number of amides is 2. The van der Waals surface area contributed by atoms with Gasteiger partial charge in [-0.25, -0.2) is 4.90 Å². The van der Waals surface area contributed by atoms with Crippen molar-refractivity contribution in [1.29, 1.82) is 0 Å². The lowest BCUT2D eigenvalue weighted by atomic mass is 9.73. The highest BCUT2D eigenvalue weighted by molar-refractivity contribution is 6.31. The molecular formula is C16H14ClNO3. The van der Waals surface area contributed by atoms with Gasteiger partial charge in [-0.15, -0.1) is 0 Å². The third kappa shape index (κ3) is 1.49. The summed E-state index contributed by atoms with van der Waals surface area (Å²) in [6, 6.07) is 6.75. The van der Waals surface area contributed by atoms with Crippen LogP contribution in [0.4, 0.5) is 5.69 Å². The summed E-state index contributed by atoms with van der Waals surface area (Å²) in [6.07, 6.45) is 3.81. The van der Waals surface area contributed by atoms with Crippen LogP contribution in [-0.2, 0) is 14.3 Å². The molecule has 3 aliphatic heterocycles. The molecule has 2 bridgehead atoms. The van der Waals surface area contributed by atoms with Crippen molar-refractivity contribution < 1.29 is 14.3 Å². The van der Waals surface area contributed by atoms with Gasteiger partial charge >= 0.3 is 0 Å². The molecule has 0 spiro atoms. The molecule has 3 heterocycles. The third-order valence-corrected chi connectivity index (χ3v) is 5.06. The second-order valence-corrected chi connectivity index (χ2v) is 6.68. The molecule has 0 aromatic heterocycles. The van der Waals surface area contributed by atoms with Gasteiger partial charge in [0.05, 0.1) is 28.7 Å². The van der Waals surface area contributed by atoms with Gasteiger partial charge < -0.3 is 4.74 Å². The number of imide groups is 1. The highest BCUT2D eigenvalue weighted by atomic mass is 35.5. The summed E-state index contributed by atoms with van der Waals surface area (Å²) < 4.78 is 5.96. The van der Waals surface area contributed by atoms with Crippen molar-refractivity contribution in [2.75, 3.05) is 4.90 Å². The molecule has 108 valence electrons. The summed E-state index contributed by atoms with van der Waals surface area (Å²) in [7, 11) is 0. The predicted octanol–water partition coefficient (Wildman–Crippen LogP) is 2.56. The van der Waals surface area contributed by atoms with E-state index in [4.69, 9.17) is 16.3 Å². The third-order valence-electron chi connectivity index (χ3n) is 4.81.